The summed E-state index contributed by atoms with van der Waals surface area (Å²) in [5.41, 5.74) is 1.60. The SMILES string of the molecule is O=C(c1cncnc1)c1cnn2ccncc12. The maximum Gasteiger partial charge on any atom is 0.199 e. The van der Waals surface area contributed by atoms with Gasteiger partial charge in [-0.3, -0.25) is 9.78 Å². The zero-order valence-electron chi connectivity index (χ0n) is 8.69. The lowest BCUT2D eigenvalue weighted by Gasteiger charge is -1.97. The van der Waals surface area contributed by atoms with Crippen LogP contribution in [0.5, 0.6) is 0 Å². The van der Waals surface area contributed by atoms with Crippen molar-refractivity contribution in [2.75, 3.05) is 0 Å². The third-order valence-electron chi connectivity index (χ3n) is 2.39. The number of hydrogen-bond acceptors (Lipinski definition) is 5. The quantitative estimate of drug-likeness (QED) is 0.602. The van der Waals surface area contributed by atoms with Crippen molar-refractivity contribution in [3.8, 4) is 0 Å². The highest BCUT2D eigenvalue weighted by atomic mass is 16.1. The Labute approximate surface area is 96.0 Å². The molecule has 0 aliphatic heterocycles. The molecule has 82 valence electrons. The highest BCUT2D eigenvalue weighted by Gasteiger charge is 2.14. The summed E-state index contributed by atoms with van der Waals surface area (Å²) in [7, 11) is 0. The molecule has 0 atom stereocenters. The van der Waals surface area contributed by atoms with Crippen LogP contribution < -0.4 is 0 Å². The van der Waals surface area contributed by atoms with Gasteiger partial charge in [-0.1, -0.05) is 0 Å². The van der Waals surface area contributed by atoms with Gasteiger partial charge >= 0.3 is 0 Å². The van der Waals surface area contributed by atoms with Crippen LogP contribution in [0.2, 0.25) is 0 Å². The fourth-order valence-corrected chi connectivity index (χ4v) is 1.58. The Hall–Kier alpha value is -2.63. The van der Waals surface area contributed by atoms with Crippen LogP contribution in [0.1, 0.15) is 15.9 Å². The van der Waals surface area contributed by atoms with Crippen molar-refractivity contribution < 1.29 is 4.79 Å². The van der Waals surface area contributed by atoms with E-state index in [9.17, 15) is 4.79 Å². The zero-order valence-corrected chi connectivity index (χ0v) is 8.69. The molecule has 0 amide bonds. The van der Waals surface area contributed by atoms with E-state index in [4.69, 9.17) is 0 Å². The summed E-state index contributed by atoms with van der Waals surface area (Å²) in [6.45, 7) is 0. The van der Waals surface area contributed by atoms with E-state index < -0.39 is 0 Å². The first-order valence-corrected chi connectivity index (χ1v) is 4.93. The van der Waals surface area contributed by atoms with E-state index >= 15 is 0 Å². The molecule has 6 heteroatoms. The molecule has 3 aromatic rings. The Morgan fingerprint density at radius 1 is 1.06 bits per heavy atom. The Balaban J connectivity index is 2.14. The Kier molecular flexibility index (Phi) is 2.11. The molecule has 0 saturated heterocycles. The fraction of sp³-hybridized carbons (Fsp3) is 0. The van der Waals surface area contributed by atoms with Crippen molar-refractivity contribution in [3.05, 3.63) is 54.6 Å². The predicted molar refractivity (Wildman–Crippen MR) is 58.5 cm³/mol. The van der Waals surface area contributed by atoms with E-state index in [1.54, 1.807) is 23.1 Å². The molecule has 6 nitrogen and oxygen atoms in total. The van der Waals surface area contributed by atoms with Crippen LogP contribution >= 0.6 is 0 Å². The van der Waals surface area contributed by atoms with Gasteiger partial charge in [-0.05, 0) is 0 Å². The van der Waals surface area contributed by atoms with E-state index in [-0.39, 0.29) is 5.78 Å². The number of carbonyl (C=O) groups excluding carboxylic acids is 1. The summed E-state index contributed by atoms with van der Waals surface area (Å²) in [5, 5.41) is 4.08. The Morgan fingerprint density at radius 2 is 1.88 bits per heavy atom. The van der Waals surface area contributed by atoms with Gasteiger partial charge < -0.3 is 0 Å². The first kappa shape index (κ1) is 9.59. The van der Waals surface area contributed by atoms with Gasteiger partial charge in [0.1, 0.15) is 6.33 Å². The number of ketones is 1. The second-order valence-electron chi connectivity index (χ2n) is 3.42. The second kappa shape index (κ2) is 3.75. The predicted octanol–water partition coefficient (Wildman–Crippen LogP) is 0.750. The van der Waals surface area contributed by atoms with Crippen LogP contribution in [0.4, 0.5) is 0 Å². The Bertz CT molecular complexity index is 676. The molecular formula is C11H7N5O. The van der Waals surface area contributed by atoms with E-state index in [1.807, 2.05) is 0 Å². The lowest BCUT2D eigenvalue weighted by atomic mass is 10.1. The molecule has 3 heterocycles. The molecule has 3 aromatic heterocycles. The molecular weight excluding hydrogens is 218 g/mol. The Morgan fingerprint density at radius 3 is 2.71 bits per heavy atom. The maximum atomic E-state index is 12.2. The molecule has 0 saturated carbocycles. The zero-order chi connectivity index (χ0) is 11.7. The summed E-state index contributed by atoms with van der Waals surface area (Å²) in [6, 6.07) is 0. The smallest absolute Gasteiger partial charge is 0.199 e. The number of fused-ring (bicyclic) bond motifs is 1. The normalized spacial score (nSPS) is 10.6. The first-order valence-electron chi connectivity index (χ1n) is 4.93. The van der Waals surface area contributed by atoms with Gasteiger partial charge in [0.25, 0.3) is 0 Å². The van der Waals surface area contributed by atoms with Crippen molar-refractivity contribution in [1.82, 2.24) is 24.6 Å². The average Bonchev–Trinajstić information content (AvgIpc) is 2.83. The average molecular weight is 225 g/mol. The van der Waals surface area contributed by atoms with Gasteiger partial charge in [-0.2, -0.15) is 5.10 Å². The number of aromatic nitrogens is 5. The molecule has 0 aromatic carbocycles. The second-order valence-corrected chi connectivity index (χ2v) is 3.42. The topological polar surface area (TPSA) is 73.0 Å². The number of rotatable bonds is 2. The van der Waals surface area contributed by atoms with Crippen LogP contribution in [0.3, 0.4) is 0 Å². The van der Waals surface area contributed by atoms with Crippen LogP contribution in [-0.4, -0.2) is 30.3 Å². The van der Waals surface area contributed by atoms with Gasteiger partial charge in [-0.25, -0.2) is 14.5 Å². The molecule has 0 bridgehead atoms. The number of carbonyl (C=O) groups is 1. The number of nitrogens with zero attached hydrogens (tertiary/aromatic N) is 5. The molecule has 0 unspecified atom stereocenters. The minimum atomic E-state index is -0.159. The summed E-state index contributed by atoms with van der Waals surface area (Å²) in [4.78, 5) is 23.8. The van der Waals surface area contributed by atoms with E-state index in [0.29, 0.717) is 16.6 Å². The molecule has 17 heavy (non-hydrogen) atoms. The molecule has 3 rings (SSSR count). The third-order valence-corrected chi connectivity index (χ3v) is 2.39. The first-order chi connectivity index (χ1) is 8.36. The van der Waals surface area contributed by atoms with Gasteiger partial charge in [-0.15, -0.1) is 0 Å². The van der Waals surface area contributed by atoms with Gasteiger partial charge in [0.05, 0.1) is 29.0 Å². The van der Waals surface area contributed by atoms with Gasteiger partial charge in [0, 0.05) is 24.8 Å². The summed E-state index contributed by atoms with van der Waals surface area (Å²) >= 11 is 0. The van der Waals surface area contributed by atoms with Crippen LogP contribution in [-0.2, 0) is 0 Å². The highest BCUT2D eigenvalue weighted by molar-refractivity contribution is 6.12. The third kappa shape index (κ3) is 1.55. The molecule has 0 fully saturated rings. The lowest BCUT2D eigenvalue weighted by molar-refractivity contribution is 0.103. The molecule has 0 radical (unpaired) electrons. The van der Waals surface area contributed by atoms with E-state index in [2.05, 4.69) is 20.1 Å². The van der Waals surface area contributed by atoms with Crippen LogP contribution in [0.25, 0.3) is 5.52 Å². The van der Waals surface area contributed by atoms with Gasteiger partial charge in [0.2, 0.25) is 0 Å². The van der Waals surface area contributed by atoms with Crippen molar-refractivity contribution >= 4 is 11.3 Å². The molecule has 0 N–H and O–H groups in total. The van der Waals surface area contributed by atoms with Crippen molar-refractivity contribution in [1.29, 1.82) is 0 Å². The largest absolute Gasteiger partial charge is 0.288 e. The van der Waals surface area contributed by atoms with Crippen LogP contribution in [0.15, 0.2) is 43.5 Å². The lowest BCUT2D eigenvalue weighted by Crippen LogP contribution is -2.02. The fourth-order valence-electron chi connectivity index (χ4n) is 1.58. The molecule has 0 aliphatic rings. The van der Waals surface area contributed by atoms with Crippen molar-refractivity contribution in [2.24, 2.45) is 0 Å². The molecule has 0 aliphatic carbocycles. The van der Waals surface area contributed by atoms with E-state index in [1.165, 1.54) is 24.9 Å². The van der Waals surface area contributed by atoms with Crippen molar-refractivity contribution in [3.63, 3.8) is 0 Å². The van der Waals surface area contributed by atoms with Crippen molar-refractivity contribution in [2.45, 2.75) is 0 Å². The van der Waals surface area contributed by atoms with Gasteiger partial charge in [0.15, 0.2) is 5.78 Å². The minimum Gasteiger partial charge on any atom is -0.288 e. The standard InChI is InChI=1S/C11H7N5O/c17-11(8-3-13-7-14-4-8)9-5-15-16-2-1-12-6-10(9)16/h1-7H. The monoisotopic (exact) mass is 225 g/mol. The summed E-state index contributed by atoms with van der Waals surface area (Å²) < 4.78 is 1.60. The van der Waals surface area contributed by atoms with Crippen LogP contribution in [0, 0.1) is 0 Å². The summed E-state index contributed by atoms with van der Waals surface area (Å²) in [5.74, 6) is -0.159. The summed E-state index contributed by atoms with van der Waals surface area (Å²) in [6.07, 6.45) is 10.8. The highest BCUT2D eigenvalue weighted by Crippen LogP contribution is 2.13. The maximum absolute atomic E-state index is 12.2. The minimum absolute atomic E-state index is 0.159. The van der Waals surface area contributed by atoms with E-state index in [0.717, 1.165) is 0 Å². The molecule has 0 spiro atoms. The number of hydrogen-bond donors (Lipinski definition) is 0.